The molecule has 172 valence electrons. The van der Waals surface area contributed by atoms with Crippen molar-refractivity contribution in [1.29, 1.82) is 0 Å². The fraction of sp³-hybridized carbons (Fsp3) is 0.538. The van der Waals surface area contributed by atoms with Crippen LogP contribution in [0.5, 0.6) is 11.5 Å². The molecule has 0 aliphatic heterocycles. The highest BCUT2D eigenvalue weighted by Gasteiger charge is 2.32. The van der Waals surface area contributed by atoms with Crippen molar-refractivity contribution in [1.82, 2.24) is 0 Å². The van der Waals surface area contributed by atoms with Crippen LogP contribution in [0.15, 0.2) is 34.1 Å². The van der Waals surface area contributed by atoms with E-state index in [0.29, 0.717) is 22.3 Å². The number of phenolic OH excluding ortho intramolecular Hbond substituents is 2. The second-order valence-corrected chi connectivity index (χ2v) is 13.0. The number of hydrogen-bond acceptors (Lipinski definition) is 4. The monoisotopic (exact) mass is 446 g/mol. The second-order valence-electron chi connectivity index (χ2n) is 11.1. The molecule has 0 aromatic heterocycles. The molecule has 0 radical (unpaired) electrons. The quantitative estimate of drug-likeness (QED) is 0.543. The standard InChI is InChI=1S/C26H38O4S/c1-15(2)17-11-21(27)19(25(5,6)7)13-23(17)31(29,30)24-14-20(26(8,9)10)22(28)12-18(24)16(3)4/h11-16,27-28H,1-10H3. The summed E-state index contributed by atoms with van der Waals surface area (Å²) in [4.78, 5) is 0.440. The summed E-state index contributed by atoms with van der Waals surface area (Å²) < 4.78 is 28.2. The molecule has 2 aromatic rings. The molecule has 5 heteroatoms. The molecule has 0 heterocycles. The molecule has 0 saturated carbocycles. The minimum absolute atomic E-state index is 0.0913. The average molecular weight is 447 g/mol. The third-order valence-electron chi connectivity index (χ3n) is 5.70. The number of phenols is 2. The van der Waals surface area contributed by atoms with Crippen molar-refractivity contribution in [2.75, 3.05) is 0 Å². The Bertz CT molecular complexity index is 998. The first kappa shape index (κ1) is 25.3. The molecule has 31 heavy (non-hydrogen) atoms. The van der Waals surface area contributed by atoms with Crippen molar-refractivity contribution >= 4 is 9.84 Å². The minimum Gasteiger partial charge on any atom is -0.508 e. The zero-order valence-corrected chi connectivity index (χ0v) is 21.4. The van der Waals surface area contributed by atoms with Gasteiger partial charge in [0.05, 0.1) is 9.79 Å². The zero-order valence-electron chi connectivity index (χ0n) is 20.6. The Hall–Kier alpha value is -2.01. The summed E-state index contributed by atoms with van der Waals surface area (Å²) in [5.41, 5.74) is 1.52. The lowest BCUT2D eigenvalue weighted by molar-refractivity contribution is 0.444. The molecule has 0 aliphatic rings. The van der Waals surface area contributed by atoms with E-state index >= 15 is 0 Å². The molecule has 0 atom stereocenters. The van der Waals surface area contributed by atoms with Crippen molar-refractivity contribution in [3.8, 4) is 11.5 Å². The molecular weight excluding hydrogens is 408 g/mol. The van der Waals surface area contributed by atoms with E-state index in [1.165, 1.54) is 0 Å². The molecule has 0 fully saturated rings. The first-order valence-corrected chi connectivity index (χ1v) is 12.4. The molecule has 0 unspecified atom stereocenters. The number of aromatic hydroxyl groups is 2. The van der Waals surface area contributed by atoms with Gasteiger partial charge in [0.2, 0.25) is 9.84 Å². The van der Waals surface area contributed by atoms with Crippen LogP contribution in [0.25, 0.3) is 0 Å². The third-order valence-corrected chi connectivity index (χ3v) is 7.56. The van der Waals surface area contributed by atoms with Gasteiger partial charge >= 0.3 is 0 Å². The van der Waals surface area contributed by atoms with Gasteiger partial charge in [-0.05, 0) is 58.1 Å². The van der Waals surface area contributed by atoms with E-state index in [2.05, 4.69) is 0 Å². The smallest absolute Gasteiger partial charge is 0.207 e. The highest BCUT2D eigenvalue weighted by molar-refractivity contribution is 7.91. The molecule has 2 aromatic carbocycles. The average Bonchev–Trinajstić information content (AvgIpc) is 2.58. The second kappa shape index (κ2) is 8.16. The van der Waals surface area contributed by atoms with Gasteiger partial charge in [0.1, 0.15) is 11.5 Å². The first-order valence-electron chi connectivity index (χ1n) is 10.9. The summed E-state index contributed by atoms with van der Waals surface area (Å²) in [7, 11) is -3.91. The van der Waals surface area contributed by atoms with Crippen molar-refractivity contribution in [3.63, 3.8) is 0 Å². The van der Waals surface area contributed by atoms with Gasteiger partial charge in [-0.15, -0.1) is 0 Å². The van der Waals surface area contributed by atoms with Gasteiger partial charge in [-0.1, -0.05) is 69.2 Å². The van der Waals surface area contributed by atoms with E-state index in [9.17, 15) is 18.6 Å². The number of rotatable bonds is 4. The van der Waals surface area contributed by atoms with Crippen molar-refractivity contribution < 1.29 is 18.6 Å². The Balaban J connectivity index is 2.99. The van der Waals surface area contributed by atoms with Gasteiger partial charge in [0.15, 0.2) is 0 Å². The van der Waals surface area contributed by atoms with Crippen LogP contribution in [0.1, 0.15) is 103 Å². The Labute approximate surface area is 188 Å². The van der Waals surface area contributed by atoms with Crippen molar-refractivity contribution in [2.45, 2.75) is 102 Å². The fourth-order valence-electron chi connectivity index (χ4n) is 3.86. The number of benzene rings is 2. The molecule has 0 spiro atoms. The summed E-state index contributed by atoms with van der Waals surface area (Å²) >= 11 is 0. The number of hydrogen-bond donors (Lipinski definition) is 2. The summed E-state index contributed by atoms with van der Waals surface area (Å²) in [6.07, 6.45) is 0. The van der Waals surface area contributed by atoms with Crippen LogP contribution in [0.3, 0.4) is 0 Å². The molecule has 4 nitrogen and oxygen atoms in total. The first-order chi connectivity index (χ1) is 13.9. The summed E-state index contributed by atoms with van der Waals surface area (Å²) in [6, 6.07) is 6.46. The van der Waals surface area contributed by atoms with Crippen LogP contribution < -0.4 is 0 Å². The van der Waals surface area contributed by atoms with Crippen LogP contribution >= 0.6 is 0 Å². The molecular formula is C26H38O4S. The molecule has 0 bridgehead atoms. The van der Waals surface area contributed by atoms with Crippen LogP contribution in [0, 0.1) is 0 Å². The van der Waals surface area contributed by atoms with Gasteiger partial charge in [0.25, 0.3) is 0 Å². The predicted molar refractivity (Wildman–Crippen MR) is 127 cm³/mol. The highest BCUT2D eigenvalue weighted by atomic mass is 32.2. The van der Waals surface area contributed by atoms with Crippen molar-refractivity contribution in [2.24, 2.45) is 0 Å². The van der Waals surface area contributed by atoms with E-state index < -0.39 is 20.7 Å². The summed E-state index contributed by atoms with van der Waals surface area (Å²) in [5, 5.41) is 21.3. The van der Waals surface area contributed by atoms with Crippen LogP contribution in [-0.2, 0) is 20.7 Å². The molecule has 0 amide bonds. The Morgan fingerprint density at radius 2 is 0.935 bits per heavy atom. The Morgan fingerprint density at radius 3 is 1.16 bits per heavy atom. The Morgan fingerprint density at radius 1 is 0.645 bits per heavy atom. The maximum absolute atomic E-state index is 14.1. The van der Waals surface area contributed by atoms with Gasteiger partial charge in [-0.25, -0.2) is 8.42 Å². The summed E-state index contributed by atoms with van der Waals surface area (Å²) in [6.45, 7) is 19.4. The van der Waals surface area contributed by atoms with Gasteiger partial charge in [0, 0.05) is 11.1 Å². The van der Waals surface area contributed by atoms with Gasteiger partial charge < -0.3 is 10.2 Å². The maximum atomic E-state index is 14.1. The largest absolute Gasteiger partial charge is 0.508 e. The molecule has 0 saturated heterocycles. The lowest BCUT2D eigenvalue weighted by Gasteiger charge is -2.26. The van der Waals surface area contributed by atoms with Gasteiger partial charge in [-0.2, -0.15) is 0 Å². The fourth-order valence-corrected chi connectivity index (χ4v) is 5.85. The lowest BCUT2D eigenvalue weighted by atomic mass is 9.85. The highest BCUT2D eigenvalue weighted by Crippen LogP contribution is 2.42. The van der Waals surface area contributed by atoms with E-state index in [-0.39, 0.29) is 33.1 Å². The molecule has 2 N–H and O–H groups in total. The van der Waals surface area contributed by atoms with Gasteiger partial charge in [-0.3, -0.25) is 0 Å². The normalized spacial score (nSPS) is 13.3. The van der Waals surface area contributed by atoms with E-state index in [0.717, 1.165) is 0 Å². The lowest BCUT2D eigenvalue weighted by Crippen LogP contribution is -2.17. The van der Waals surface area contributed by atoms with Crippen LogP contribution in [-0.4, -0.2) is 18.6 Å². The third kappa shape index (κ3) is 4.92. The van der Waals surface area contributed by atoms with E-state index in [1.54, 1.807) is 24.3 Å². The van der Waals surface area contributed by atoms with Crippen LogP contribution in [0.2, 0.25) is 0 Å². The predicted octanol–water partition coefficient (Wildman–Crippen LogP) is 6.77. The van der Waals surface area contributed by atoms with Crippen molar-refractivity contribution in [3.05, 3.63) is 46.5 Å². The van der Waals surface area contributed by atoms with Crippen LogP contribution in [0.4, 0.5) is 0 Å². The summed E-state index contributed by atoms with van der Waals surface area (Å²) in [5.74, 6) is 0.0402. The maximum Gasteiger partial charge on any atom is 0.207 e. The molecule has 0 aliphatic carbocycles. The van der Waals surface area contributed by atoms with E-state index in [4.69, 9.17) is 0 Å². The molecule has 2 rings (SSSR count). The topological polar surface area (TPSA) is 74.6 Å². The SMILES string of the molecule is CC(C)c1cc(O)c(C(C)(C)C)cc1S(=O)(=O)c1cc(C(C)(C)C)c(O)cc1C(C)C. The van der Waals surface area contributed by atoms with E-state index in [1.807, 2.05) is 69.2 Å². The minimum atomic E-state index is -3.91. The Kier molecular flexibility index (Phi) is 6.65. The zero-order chi connectivity index (χ0) is 24.1. The number of sulfone groups is 1.